The highest BCUT2D eigenvalue weighted by molar-refractivity contribution is 6.30. The number of aromatic nitrogens is 2. The molecule has 1 aromatic rings. The third-order valence-corrected chi connectivity index (χ3v) is 3.57. The van der Waals surface area contributed by atoms with Crippen molar-refractivity contribution in [1.82, 2.24) is 14.9 Å². The fraction of sp³-hybridized carbons (Fsp3) is 0.667. The van der Waals surface area contributed by atoms with E-state index in [0.29, 0.717) is 11.7 Å². The number of carbonyl (C=O) groups excluding carboxylic acids is 1. The van der Waals surface area contributed by atoms with Crippen LogP contribution in [-0.4, -0.2) is 48.0 Å². The number of hydrogen-bond acceptors (Lipinski definition) is 4. The number of nitrogens with zero attached hydrogens (tertiary/aromatic N) is 4. The van der Waals surface area contributed by atoms with Gasteiger partial charge in [0, 0.05) is 32.6 Å². The first kappa shape index (κ1) is 17.7. The molecule has 0 N–H and O–H groups in total. The molecule has 0 saturated heterocycles. The zero-order valence-electron chi connectivity index (χ0n) is 13.6. The highest BCUT2D eigenvalue weighted by atomic mass is 35.5. The lowest BCUT2D eigenvalue weighted by Gasteiger charge is -2.26. The van der Waals surface area contributed by atoms with Crippen molar-refractivity contribution in [2.24, 2.45) is 0 Å². The number of carbonyl (C=O) groups is 1. The first-order chi connectivity index (χ1) is 9.90. The van der Waals surface area contributed by atoms with Crippen LogP contribution in [-0.2, 0) is 11.2 Å². The van der Waals surface area contributed by atoms with Gasteiger partial charge in [0.1, 0.15) is 16.8 Å². The smallest absolute Gasteiger partial charge is 0.241 e. The molecule has 1 amide bonds. The maximum absolute atomic E-state index is 12.0. The third-order valence-electron chi connectivity index (χ3n) is 3.20. The van der Waals surface area contributed by atoms with E-state index in [0.717, 1.165) is 43.0 Å². The van der Waals surface area contributed by atoms with Gasteiger partial charge in [0.15, 0.2) is 0 Å². The van der Waals surface area contributed by atoms with E-state index in [1.807, 2.05) is 11.8 Å². The predicted molar refractivity (Wildman–Crippen MR) is 87.0 cm³/mol. The number of aryl methyl sites for hydroxylation is 1. The highest BCUT2D eigenvalue weighted by Gasteiger charge is 2.18. The van der Waals surface area contributed by atoms with Crippen molar-refractivity contribution >= 4 is 23.3 Å². The second-order valence-corrected chi connectivity index (χ2v) is 5.70. The third kappa shape index (κ3) is 4.84. The Bertz CT molecular complexity index is 491. The molecule has 6 heteroatoms. The summed E-state index contributed by atoms with van der Waals surface area (Å²) in [5.74, 6) is 1.56. The molecule has 0 aromatic carbocycles. The van der Waals surface area contributed by atoms with Gasteiger partial charge in [0.25, 0.3) is 0 Å². The van der Waals surface area contributed by atoms with E-state index in [9.17, 15) is 4.79 Å². The summed E-state index contributed by atoms with van der Waals surface area (Å²) in [4.78, 5) is 24.5. The SMILES string of the molecule is CCCc1nc(Cl)c(C)c(N(CCC)CC(=O)N(C)C)n1. The molecular formula is C15H25ClN4O. The predicted octanol–water partition coefficient (Wildman–Crippen LogP) is 2.70. The summed E-state index contributed by atoms with van der Waals surface area (Å²) in [6, 6.07) is 0. The molecule has 5 nitrogen and oxygen atoms in total. The van der Waals surface area contributed by atoms with E-state index >= 15 is 0 Å². The van der Waals surface area contributed by atoms with Gasteiger partial charge in [0.2, 0.25) is 5.91 Å². The molecule has 0 aliphatic carbocycles. The number of halogens is 1. The first-order valence-corrected chi connectivity index (χ1v) is 7.76. The Labute approximate surface area is 132 Å². The zero-order valence-corrected chi connectivity index (χ0v) is 14.4. The normalized spacial score (nSPS) is 10.6. The van der Waals surface area contributed by atoms with Gasteiger partial charge in [-0.1, -0.05) is 25.4 Å². The van der Waals surface area contributed by atoms with Crippen LogP contribution in [0.3, 0.4) is 0 Å². The zero-order chi connectivity index (χ0) is 16.0. The fourth-order valence-corrected chi connectivity index (χ4v) is 2.18. The molecule has 0 aliphatic heterocycles. The van der Waals surface area contributed by atoms with Gasteiger partial charge in [-0.2, -0.15) is 0 Å². The topological polar surface area (TPSA) is 49.3 Å². The highest BCUT2D eigenvalue weighted by Crippen LogP contribution is 2.24. The lowest BCUT2D eigenvalue weighted by atomic mass is 10.2. The molecule has 0 aliphatic rings. The lowest BCUT2D eigenvalue weighted by Crippen LogP contribution is -2.38. The van der Waals surface area contributed by atoms with Crippen molar-refractivity contribution in [1.29, 1.82) is 0 Å². The first-order valence-electron chi connectivity index (χ1n) is 7.38. The lowest BCUT2D eigenvalue weighted by molar-refractivity contribution is -0.127. The molecule has 118 valence electrons. The average molecular weight is 313 g/mol. The molecule has 0 bridgehead atoms. The Morgan fingerprint density at radius 1 is 1.19 bits per heavy atom. The largest absolute Gasteiger partial charge is 0.347 e. The number of anilines is 1. The molecule has 0 spiro atoms. The second-order valence-electron chi connectivity index (χ2n) is 5.34. The summed E-state index contributed by atoms with van der Waals surface area (Å²) >= 11 is 6.22. The Morgan fingerprint density at radius 3 is 2.38 bits per heavy atom. The van der Waals surface area contributed by atoms with Crippen LogP contribution < -0.4 is 4.90 Å². The van der Waals surface area contributed by atoms with Crippen molar-refractivity contribution in [3.63, 3.8) is 0 Å². The van der Waals surface area contributed by atoms with E-state index in [2.05, 4.69) is 23.8 Å². The van der Waals surface area contributed by atoms with Gasteiger partial charge in [-0.25, -0.2) is 9.97 Å². The van der Waals surface area contributed by atoms with Crippen LogP contribution in [0.1, 0.15) is 38.1 Å². The van der Waals surface area contributed by atoms with E-state index in [1.165, 1.54) is 0 Å². The van der Waals surface area contributed by atoms with Gasteiger partial charge >= 0.3 is 0 Å². The quantitative estimate of drug-likeness (QED) is 0.726. The molecule has 1 rings (SSSR count). The molecule has 0 atom stereocenters. The van der Waals surface area contributed by atoms with Crippen molar-refractivity contribution in [2.45, 2.75) is 40.0 Å². The van der Waals surface area contributed by atoms with Crippen molar-refractivity contribution in [2.75, 3.05) is 32.1 Å². The monoisotopic (exact) mass is 312 g/mol. The summed E-state index contributed by atoms with van der Waals surface area (Å²) in [5.41, 5.74) is 0.830. The number of amides is 1. The van der Waals surface area contributed by atoms with Gasteiger partial charge in [0.05, 0.1) is 6.54 Å². The van der Waals surface area contributed by atoms with Gasteiger partial charge < -0.3 is 9.80 Å². The van der Waals surface area contributed by atoms with E-state index < -0.39 is 0 Å². The van der Waals surface area contributed by atoms with Gasteiger partial charge in [-0.3, -0.25) is 4.79 Å². The Kier molecular flexibility index (Phi) is 6.89. The van der Waals surface area contributed by atoms with Crippen LogP contribution in [0, 0.1) is 6.92 Å². The molecule has 0 radical (unpaired) electrons. The van der Waals surface area contributed by atoms with Crippen LogP contribution in [0.2, 0.25) is 5.15 Å². The minimum absolute atomic E-state index is 0.0506. The second kappa shape index (κ2) is 8.17. The molecule has 0 saturated carbocycles. The molecule has 0 fully saturated rings. The fourth-order valence-electron chi connectivity index (χ4n) is 2.00. The minimum atomic E-state index is 0.0506. The van der Waals surface area contributed by atoms with Crippen molar-refractivity contribution < 1.29 is 4.79 Å². The Balaban J connectivity index is 3.14. The van der Waals surface area contributed by atoms with Crippen LogP contribution in [0.5, 0.6) is 0 Å². The summed E-state index contributed by atoms with van der Waals surface area (Å²) in [6.45, 7) is 7.13. The minimum Gasteiger partial charge on any atom is -0.347 e. The summed E-state index contributed by atoms with van der Waals surface area (Å²) in [6.07, 6.45) is 2.68. The van der Waals surface area contributed by atoms with E-state index in [1.54, 1.807) is 19.0 Å². The van der Waals surface area contributed by atoms with Crippen LogP contribution in [0.15, 0.2) is 0 Å². The molecular weight excluding hydrogens is 288 g/mol. The van der Waals surface area contributed by atoms with Crippen molar-refractivity contribution in [3.05, 3.63) is 16.5 Å². The van der Waals surface area contributed by atoms with Gasteiger partial charge in [-0.15, -0.1) is 0 Å². The standard InChI is InChI=1S/C15H25ClN4O/c1-6-8-12-17-14(16)11(3)15(18-12)20(9-7-2)10-13(21)19(4)5/h6-10H2,1-5H3. The number of likely N-dealkylation sites (N-methyl/N-ethyl adjacent to an activating group) is 1. The maximum Gasteiger partial charge on any atom is 0.241 e. The number of hydrogen-bond donors (Lipinski definition) is 0. The summed E-state index contributed by atoms with van der Waals surface area (Å²) in [7, 11) is 3.52. The van der Waals surface area contributed by atoms with Crippen LogP contribution in [0.25, 0.3) is 0 Å². The van der Waals surface area contributed by atoms with E-state index in [4.69, 9.17) is 11.6 Å². The van der Waals surface area contributed by atoms with Crippen LogP contribution >= 0.6 is 11.6 Å². The molecule has 1 aromatic heterocycles. The number of rotatable bonds is 7. The van der Waals surface area contributed by atoms with E-state index in [-0.39, 0.29) is 5.91 Å². The van der Waals surface area contributed by atoms with Gasteiger partial charge in [-0.05, 0) is 19.8 Å². The Hall–Kier alpha value is -1.36. The van der Waals surface area contributed by atoms with Crippen molar-refractivity contribution in [3.8, 4) is 0 Å². The average Bonchev–Trinajstić information content (AvgIpc) is 2.42. The summed E-state index contributed by atoms with van der Waals surface area (Å²) in [5, 5.41) is 0.474. The van der Waals surface area contributed by atoms with Crippen LogP contribution in [0.4, 0.5) is 5.82 Å². The summed E-state index contributed by atoms with van der Waals surface area (Å²) < 4.78 is 0. The molecule has 0 unspecified atom stereocenters. The molecule has 1 heterocycles. The maximum atomic E-state index is 12.0. The molecule has 21 heavy (non-hydrogen) atoms. The Morgan fingerprint density at radius 2 is 1.86 bits per heavy atom.